The van der Waals surface area contributed by atoms with Crippen molar-refractivity contribution in [2.75, 3.05) is 7.11 Å². The number of methoxy groups -OCH3 is 1. The maximum atomic E-state index is 11.6. The van der Waals surface area contributed by atoms with Gasteiger partial charge in [-0.05, 0) is 42.9 Å². The van der Waals surface area contributed by atoms with E-state index in [9.17, 15) is 4.79 Å². The van der Waals surface area contributed by atoms with Crippen LogP contribution >= 0.6 is 15.9 Å². The maximum absolute atomic E-state index is 11.6. The molecule has 16 heavy (non-hydrogen) atoms. The van der Waals surface area contributed by atoms with Crippen molar-refractivity contribution in [2.45, 2.75) is 19.3 Å². The maximum Gasteiger partial charge on any atom is 0.309 e. The molecular weight excluding hydrogens is 268 g/mol. The molecule has 0 saturated heterocycles. The number of carbonyl (C=O) groups excluding carboxylic acids is 1. The third-order valence-electron chi connectivity index (χ3n) is 3.06. The first-order valence-corrected chi connectivity index (χ1v) is 6.32. The standard InChI is InChI=1S/C13H15BrO2/c1-16-13(15)12(10-4-5-10)8-9-2-6-11(14)7-3-9/h2-3,6-7,10,12H,4-5,8H2,1H3. The minimum atomic E-state index is -0.0644. The summed E-state index contributed by atoms with van der Waals surface area (Å²) in [5.41, 5.74) is 1.20. The monoisotopic (exact) mass is 282 g/mol. The summed E-state index contributed by atoms with van der Waals surface area (Å²) >= 11 is 3.40. The van der Waals surface area contributed by atoms with Crippen LogP contribution in [0, 0.1) is 11.8 Å². The van der Waals surface area contributed by atoms with Gasteiger partial charge >= 0.3 is 5.97 Å². The topological polar surface area (TPSA) is 26.3 Å². The molecule has 0 heterocycles. The van der Waals surface area contributed by atoms with Crippen molar-refractivity contribution >= 4 is 21.9 Å². The number of ether oxygens (including phenoxy) is 1. The summed E-state index contributed by atoms with van der Waals surface area (Å²) in [6, 6.07) is 8.14. The van der Waals surface area contributed by atoms with Gasteiger partial charge < -0.3 is 4.74 Å². The van der Waals surface area contributed by atoms with E-state index in [0.717, 1.165) is 23.7 Å². The van der Waals surface area contributed by atoms with E-state index in [0.29, 0.717) is 5.92 Å². The van der Waals surface area contributed by atoms with E-state index >= 15 is 0 Å². The zero-order chi connectivity index (χ0) is 11.5. The average molecular weight is 283 g/mol. The molecule has 1 saturated carbocycles. The van der Waals surface area contributed by atoms with Gasteiger partial charge in [-0.3, -0.25) is 4.79 Å². The zero-order valence-electron chi connectivity index (χ0n) is 9.28. The highest BCUT2D eigenvalue weighted by Crippen LogP contribution is 2.39. The van der Waals surface area contributed by atoms with Gasteiger partial charge in [0.2, 0.25) is 0 Å². The first kappa shape index (κ1) is 11.6. The quantitative estimate of drug-likeness (QED) is 0.793. The molecule has 1 aromatic carbocycles. The fraction of sp³-hybridized carbons (Fsp3) is 0.462. The summed E-state index contributed by atoms with van der Waals surface area (Å²) in [5.74, 6) is 0.521. The van der Waals surface area contributed by atoms with Gasteiger partial charge in [0.05, 0.1) is 13.0 Å². The highest BCUT2D eigenvalue weighted by molar-refractivity contribution is 9.10. The predicted octanol–water partition coefficient (Wildman–Crippen LogP) is 3.19. The Hall–Kier alpha value is -0.830. The normalized spacial score (nSPS) is 16.9. The SMILES string of the molecule is COC(=O)C(Cc1ccc(Br)cc1)C1CC1. The van der Waals surface area contributed by atoms with Crippen LogP contribution < -0.4 is 0 Å². The second-order valence-corrected chi connectivity index (χ2v) is 5.21. The first-order chi connectivity index (χ1) is 7.70. The van der Waals surface area contributed by atoms with E-state index < -0.39 is 0 Å². The van der Waals surface area contributed by atoms with E-state index in [1.165, 1.54) is 12.7 Å². The Labute approximate surface area is 104 Å². The van der Waals surface area contributed by atoms with Crippen LogP contribution in [0.25, 0.3) is 0 Å². The second-order valence-electron chi connectivity index (χ2n) is 4.30. The first-order valence-electron chi connectivity index (χ1n) is 5.53. The molecular formula is C13H15BrO2. The van der Waals surface area contributed by atoms with Gasteiger partial charge in [-0.1, -0.05) is 28.1 Å². The third kappa shape index (κ3) is 2.85. The summed E-state index contributed by atoms with van der Waals surface area (Å²) in [7, 11) is 1.47. The highest BCUT2D eigenvalue weighted by atomic mass is 79.9. The second kappa shape index (κ2) is 5.00. The molecule has 0 aromatic heterocycles. The number of carbonyl (C=O) groups is 1. The van der Waals surface area contributed by atoms with Crippen molar-refractivity contribution in [1.82, 2.24) is 0 Å². The largest absolute Gasteiger partial charge is 0.469 e. The molecule has 0 bridgehead atoms. The lowest BCUT2D eigenvalue weighted by atomic mass is 9.95. The van der Waals surface area contributed by atoms with Crippen molar-refractivity contribution in [3.63, 3.8) is 0 Å². The number of halogens is 1. The van der Waals surface area contributed by atoms with Gasteiger partial charge in [0.15, 0.2) is 0 Å². The van der Waals surface area contributed by atoms with E-state index in [2.05, 4.69) is 28.1 Å². The zero-order valence-corrected chi connectivity index (χ0v) is 10.9. The van der Waals surface area contributed by atoms with Crippen molar-refractivity contribution in [2.24, 2.45) is 11.8 Å². The average Bonchev–Trinajstić information content (AvgIpc) is 3.11. The van der Waals surface area contributed by atoms with Gasteiger partial charge in [0, 0.05) is 4.47 Å². The van der Waals surface area contributed by atoms with Crippen LogP contribution in [0.3, 0.4) is 0 Å². The molecule has 1 aliphatic carbocycles. The summed E-state index contributed by atoms with van der Waals surface area (Å²) in [5, 5.41) is 0. The lowest BCUT2D eigenvalue weighted by Gasteiger charge is -2.13. The molecule has 1 aliphatic rings. The summed E-state index contributed by atoms with van der Waals surface area (Å²) in [6.45, 7) is 0. The molecule has 0 amide bonds. The molecule has 0 aliphatic heterocycles. The summed E-state index contributed by atoms with van der Waals surface area (Å²) in [4.78, 5) is 11.6. The van der Waals surface area contributed by atoms with Gasteiger partial charge in [0.25, 0.3) is 0 Å². The van der Waals surface area contributed by atoms with Crippen LogP contribution in [0.1, 0.15) is 18.4 Å². The molecule has 0 spiro atoms. The van der Waals surface area contributed by atoms with Crippen LogP contribution in [-0.4, -0.2) is 13.1 Å². The molecule has 3 heteroatoms. The van der Waals surface area contributed by atoms with Gasteiger partial charge in [-0.2, -0.15) is 0 Å². The van der Waals surface area contributed by atoms with Gasteiger partial charge in [-0.15, -0.1) is 0 Å². The molecule has 1 unspecified atom stereocenters. The lowest BCUT2D eigenvalue weighted by molar-refractivity contribution is -0.146. The van der Waals surface area contributed by atoms with Gasteiger partial charge in [-0.25, -0.2) is 0 Å². The smallest absolute Gasteiger partial charge is 0.309 e. The minimum Gasteiger partial charge on any atom is -0.469 e. The van der Waals surface area contributed by atoms with Crippen LogP contribution in [-0.2, 0) is 16.0 Å². The number of hydrogen-bond donors (Lipinski definition) is 0. The summed E-state index contributed by atoms with van der Waals surface area (Å²) < 4.78 is 5.93. The van der Waals surface area contributed by atoms with Crippen LogP contribution in [0.2, 0.25) is 0 Å². The van der Waals surface area contributed by atoms with Gasteiger partial charge in [0.1, 0.15) is 0 Å². The van der Waals surface area contributed by atoms with Crippen LogP contribution in [0.15, 0.2) is 28.7 Å². The van der Waals surface area contributed by atoms with E-state index in [1.807, 2.05) is 12.1 Å². The fourth-order valence-corrected chi connectivity index (χ4v) is 2.23. The number of hydrogen-bond acceptors (Lipinski definition) is 2. The Morgan fingerprint density at radius 3 is 2.56 bits per heavy atom. The Bertz CT molecular complexity index is 368. The summed E-state index contributed by atoms with van der Waals surface area (Å²) in [6.07, 6.45) is 3.12. The molecule has 0 radical (unpaired) electrons. The molecule has 86 valence electrons. The Kier molecular flexibility index (Phi) is 3.64. The lowest BCUT2D eigenvalue weighted by Crippen LogP contribution is -2.20. The molecule has 1 fully saturated rings. The molecule has 1 aromatic rings. The van der Waals surface area contributed by atoms with E-state index in [4.69, 9.17) is 4.74 Å². The number of esters is 1. The Morgan fingerprint density at radius 2 is 2.06 bits per heavy atom. The number of benzene rings is 1. The molecule has 1 atom stereocenters. The molecule has 2 nitrogen and oxygen atoms in total. The molecule has 2 rings (SSSR count). The Morgan fingerprint density at radius 1 is 1.44 bits per heavy atom. The van der Waals surface area contributed by atoms with Crippen molar-refractivity contribution in [3.05, 3.63) is 34.3 Å². The predicted molar refractivity (Wildman–Crippen MR) is 66.1 cm³/mol. The van der Waals surface area contributed by atoms with E-state index in [1.54, 1.807) is 0 Å². The molecule has 0 N–H and O–H groups in total. The van der Waals surface area contributed by atoms with Crippen molar-refractivity contribution in [3.8, 4) is 0 Å². The highest BCUT2D eigenvalue weighted by Gasteiger charge is 2.36. The Balaban J connectivity index is 2.05. The van der Waals surface area contributed by atoms with Crippen LogP contribution in [0.5, 0.6) is 0 Å². The fourth-order valence-electron chi connectivity index (χ4n) is 1.97. The third-order valence-corrected chi connectivity index (χ3v) is 3.59. The van der Waals surface area contributed by atoms with E-state index in [-0.39, 0.29) is 11.9 Å². The van der Waals surface area contributed by atoms with Crippen molar-refractivity contribution < 1.29 is 9.53 Å². The van der Waals surface area contributed by atoms with Crippen molar-refractivity contribution in [1.29, 1.82) is 0 Å². The van der Waals surface area contributed by atoms with Crippen LogP contribution in [0.4, 0.5) is 0 Å². The minimum absolute atomic E-state index is 0.0474. The number of rotatable bonds is 4.